The molecule has 1 unspecified atom stereocenters. The Kier molecular flexibility index (Phi) is 2.77. The SMILES string of the molecule is CC(N)(c1nc(-c2ncccn2)no1)C(F)(F)F. The number of alkyl halides is 3. The van der Waals surface area contributed by atoms with E-state index in [1.807, 2.05) is 0 Å². The highest BCUT2D eigenvalue weighted by Crippen LogP contribution is 2.35. The lowest BCUT2D eigenvalue weighted by molar-refractivity contribution is -0.190. The first-order valence-electron chi connectivity index (χ1n) is 4.79. The maximum atomic E-state index is 12.6. The maximum Gasteiger partial charge on any atom is 0.415 e. The van der Waals surface area contributed by atoms with Crippen LogP contribution in [0.4, 0.5) is 13.2 Å². The molecule has 2 heterocycles. The van der Waals surface area contributed by atoms with Crippen molar-refractivity contribution < 1.29 is 17.7 Å². The van der Waals surface area contributed by atoms with Gasteiger partial charge in [-0.25, -0.2) is 9.97 Å². The van der Waals surface area contributed by atoms with Gasteiger partial charge in [0.25, 0.3) is 5.89 Å². The molecule has 6 nitrogen and oxygen atoms in total. The lowest BCUT2D eigenvalue weighted by atomic mass is 10.0. The van der Waals surface area contributed by atoms with Crippen molar-refractivity contribution in [2.24, 2.45) is 5.73 Å². The molecule has 0 radical (unpaired) electrons. The zero-order chi connectivity index (χ0) is 13.4. The van der Waals surface area contributed by atoms with Crippen molar-refractivity contribution in [1.29, 1.82) is 0 Å². The summed E-state index contributed by atoms with van der Waals surface area (Å²) in [5.41, 5.74) is 2.43. The van der Waals surface area contributed by atoms with Gasteiger partial charge in [0.1, 0.15) is 0 Å². The Bertz CT molecular complexity index is 537. The zero-order valence-electron chi connectivity index (χ0n) is 9.14. The summed E-state index contributed by atoms with van der Waals surface area (Å²) in [6.45, 7) is 0.746. The predicted octanol–water partition coefficient (Wildman–Crippen LogP) is 1.26. The molecule has 0 spiro atoms. The molecule has 2 rings (SSSR count). The second-order valence-corrected chi connectivity index (χ2v) is 3.70. The lowest BCUT2D eigenvalue weighted by Crippen LogP contribution is -2.48. The van der Waals surface area contributed by atoms with Crippen molar-refractivity contribution in [3.8, 4) is 11.6 Å². The summed E-state index contributed by atoms with van der Waals surface area (Å²) in [6.07, 6.45) is -1.89. The highest BCUT2D eigenvalue weighted by molar-refractivity contribution is 5.40. The third-order valence-corrected chi connectivity index (χ3v) is 2.22. The van der Waals surface area contributed by atoms with E-state index in [0.717, 1.165) is 6.92 Å². The van der Waals surface area contributed by atoms with Gasteiger partial charge in [-0.1, -0.05) is 5.16 Å². The molecular weight excluding hydrogens is 251 g/mol. The normalized spacial score (nSPS) is 15.4. The zero-order valence-corrected chi connectivity index (χ0v) is 9.14. The molecule has 2 aromatic heterocycles. The predicted molar refractivity (Wildman–Crippen MR) is 52.9 cm³/mol. The molecule has 2 aromatic rings. The van der Waals surface area contributed by atoms with E-state index in [2.05, 4.69) is 24.6 Å². The first kappa shape index (κ1) is 12.4. The van der Waals surface area contributed by atoms with Crippen molar-refractivity contribution in [3.63, 3.8) is 0 Å². The summed E-state index contributed by atoms with van der Waals surface area (Å²) >= 11 is 0. The second kappa shape index (κ2) is 4.02. The molecule has 0 aliphatic rings. The van der Waals surface area contributed by atoms with E-state index in [1.165, 1.54) is 12.4 Å². The van der Waals surface area contributed by atoms with Crippen LogP contribution in [0.1, 0.15) is 12.8 Å². The first-order chi connectivity index (χ1) is 8.32. The minimum atomic E-state index is -4.70. The van der Waals surface area contributed by atoms with Crippen LogP contribution in [0.25, 0.3) is 11.6 Å². The van der Waals surface area contributed by atoms with E-state index in [9.17, 15) is 13.2 Å². The van der Waals surface area contributed by atoms with Crippen LogP contribution in [-0.2, 0) is 5.54 Å². The van der Waals surface area contributed by atoms with Crippen LogP contribution in [0.2, 0.25) is 0 Å². The van der Waals surface area contributed by atoms with E-state index in [4.69, 9.17) is 5.73 Å². The fraction of sp³-hybridized carbons (Fsp3) is 0.333. The summed E-state index contributed by atoms with van der Waals surface area (Å²) < 4.78 is 42.5. The molecule has 0 aromatic carbocycles. The molecule has 96 valence electrons. The lowest BCUT2D eigenvalue weighted by Gasteiger charge is -2.22. The minimum Gasteiger partial charge on any atom is -0.336 e. The second-order valence-electron chi connectivity index (χ2n) is 3.70. The van der Waals surface area contributed by atoms with Gasteiger partial charge in [-0.15, -0.1) is 0 Å². The number of aromatic nitrogens is 4. The smallest absolute Gasteiger partial charge is 0.336 e. The van der Waals surface area contributed by atoms with Gasteiger partial charge in [0.15, 0.2) is 5.54 Å². The van der Waals surface area contributed by atoms with E-state index in [0.29, 0.717) is 0 Å². The average Bonchev–Trinajstić information content (AvgIpc) is 2.78. The molecule has 0 amide bonds. The van der Waals surface area contributed by atoms with E-state index in [-0.39, 0.29) is 11.6 Å². The van der Waals surface area contributed by atoms with Crippen LogP contribution in [0.15, 0.2) is 23.0 Å². The van der Waals surface area contributed by atoms with E-state index in [1.54, 1.807) is 6.07 Å². The summed E-state index contributed by atoms with van der Waals surface area (Å²) in [5, 5.41) is 3.38. The van der Waals surface area contributed by atoms with Gasteiger partial charge in [-0.05, 0) is 13.0 Å². The van der Waals surface area contributed by atoms with Crippen molar-refractivity contribution in [1.82, 2.24) is 20.1 Å². The quantitative estimate of drug-likeness (QED) is 0.873. The fourth-order valence-electron chi connectivity index (χ4n) is 1.06. The van der Waals surface area contributed by atoms with Crippen LogP contribution >= 0.6 is 0 Å². The van der Waals surface area contributed by atoms with Crippen LogP contribution < -0.4 is 5.73 Å². The summed E-state index contributed by atoms with van der Waals surface area (Å²) in [4.78, 5) is 11.1. The summed E-state index contributed by atoms with van der Waals surface area (Å²) in [6, 6.07) is 1.55. The molecular formula is C9H8F3N5O. The van der Waals surface area contributed by atoms with Crippen molar-refractivity contribution in [2.75, 3.05) is 0 Å². The Morgan fingerprint density at radius 1 is 1.17 bits per heavy atom. The standard InChI is InChI=1S/C9H8F3N5O/c1-8(13,9(10,11)12)7-16-6(17-18-7)5-14-3-2-4-15-5/h2-4H,13H2,1H3. The highest BCUT2D eigenvalue weighted by atomic mass is 19.4. The van der Waals surface area contributed by atoms with Crippen LogP contribution in [0.5, 0.6) is 0 Å². The third kappa shape index (κ3) is 2.04. The first-order valence-corrected chi connectivity index (χ1v) is 4.79. The van der Waals surface area contributed by atoms with Crippen LogP contribution in [-0.4, -0.2) is 26.3 Å². The largest absolute Gasteiger partial charge is 0.415 e. The Labute approximate surface area is 99.0 Å². The minimum absolute atomic E-state index is 0.0606. The van der Waals surface area contributed by atoms with Crippen molar-refractivity contribution in [2.45, 2.75) is 18.6 Å². The summed E-state index contributed by atoms with van der Waals surface area (Å²) in [5.74, 6) is -0.825. The van der Waals surface area contributed by atoms with Gasteiger partial charge >= 0.3 is 6.18 Å². The van der Waals surface area contributed by atoms with Crippen molar-refractivity contribution >= 4 is 0 Å². The van der Waals surface area contributed by atoms with Gasteiger partial charge in [-0.3, -0.25) is 0 Å². The van der Waals surface area contributed by atoms with Gasteiger partial charge in [0.2, 0.25) is 11.6 Å². The van der Waals surface area contributed by atoms with E-state index >= 15 is 0 Å². The topological polar surface area (TPSA) is 90.7 Å². The maximum absolute atomic E-state index is 12.6. The van der Waals surface area contributed by atoms with Crippen molar-refractivity contribution in [3.05, 3.63) is 24.4 Å². The van der Waals surface area contributed by atoms with E-state index < -0.39 is 17.6 Å². The van der Waals surface area contributed by atoms with Gasteiger partial charge in [-0.2, -0.15) is 18.2 Å². The fourth-order valence-corrected chi connectivity index (χ4v) is 1.06. The molecule has 0 aliphatic carbocycles. The van der Waals surface area contributed by atoms with Gasteiger partial charge in [0.05, 0.1) is 0 Å². The molecule has 2 N–H and O–H groups in total. The molecule has 0 saturated carbocycles. The molecule has 0 fully saturated rings. The van der Waals surface area contributed by atoms with Crippen LogP contribution in [0, 0.1) is 0 Å². The molecule has 9 heteroatoms. The molecule has 0 aliphatic heterocycles. The Hall–Kier alpha value is -2.03. The number of nitrogens with zero attached hydrogens (tertiary/aromatic N) is 4. The monoisotopic (exact) mass is 259 g/mol. The molecule has 0 saturated heterocycles. The number of halogens is 3. The number of nitrogens with two attached hydrogens (primary N) is 1. The van der Waals surface area contributed by atoms with Crippen LogP contribution in [0.3, 0.4) is 0 Å². The molecule has 18 heavy (non-hydrogen) atoms. The Morgan fingerprint density at radius 2 is 1.78 bits per heavy atom. The molecule has 0 bridgehead atoms. The van der Waals surface area contributed by atoms with Gasteiger partial charge in [0, 0.05) is 12.4 Å². The summed E-state index contributed by atoms with van der Waals surface area (Å²) in [7, 11) is 0. The Balaban J connectivity index is 2.38. The van der Waals surface area contributed by atoms with Gasteiger partial charge < -0.3 is 10.3 Å². The molecule has 1 atom stereocenters. The average molecular weight is 259 g/mol. The third-order valence-electron chi connectivity index (χ3n) is 2.22. The number of rotatable bonds is 2. The Morgan fingerprint density at radius 3 is 2.33 bits per heavy atom. The number of hydrogen-bond donors (Lipinski definition) is 1. The number of hydrogen-bond acceptors (Lipinski definition) is 6. The highest BCUT2D eigenvalue weighted by Gasteiger charge is 2.53.